The molecule has 1 heterocycles. The molecule has 0 saturated heterocycles. The molecule has 1 rings (SSSR count). The summed E-state index contributed by atoms with van der Waals surface area (Å²) in [4.78, 5) is 0. The van der Waals surface area contributed by atoms with Crippen molar-refractivity contribution in [2.24, 2.45) is 5.92 Å². The standard InChI is InChI=1S/C5H7OP/c7-4-5-1-2-6-3-5/h1-2,4-5,7H,3H2. The highest BCUT2D eigenvalue weighted by atomic mass is 31.0. The van der Waals surface area contributed by atoms with Gasteiger partial charge in [-0.2, -0.15) is 0 Å². The third-order valence-electron chi connectivity index (χ3n) is 0.925. The monoisotopic (exact) mass is 114 g/mol. The van der Waals surface area contributed by atoms with Crippen molar-refractivity contribution in [2.75, 3.05) is 6.61 Å². The summed E-state index contributed by atoms with van der Waals surface area (Å²) in [6.07, 6.45) is 3.73. The molecule has 0 saturated carbocycles. The van der Waals surface area contributed by atoms with Gasteiger partial charge in [-0.05, 0) is 6.08 Å². The maximum atomic E-state index is 4.91. The van der Waals surface area contributed by atoms with Crippen molar-refractivity contribution >= 4 is 14.7 Å². The van der Waals surface area contributed by atoms with Crippen molar-refractivity contribution in [3.05, 3.63) is 12.3 Å². The molecule has 0 aromatic carbocycles. The summed E-state index contributed by atoms with van der Waals surface area (Å²) in [5.74, 6) is 2.42. The van der Waals surface area contributed by atoms with Gasteiger partial charge < -0.3 is 4.74 Å². The molecule has 7 heavy (non-hydrogen) atoms. The molecule has 0 N–H and O–H groups in total. The van der Waals surface area contributed by atoms with Gasteiger partial charge >= 0.3 is 0 Å². The fraction of sp³-hybridized carbons (Fsp3) is 0.400. The second-order valence-electron chi connectivity index (χ2n) is 1.49. The van der Waals surface area contributed by atoms with Crippen molar-refractivity contribution < 1.29 is 4.74 Å². The van der Waals surface area contributed by atoms with E-state index in [0.717, 1.165) is 6.61 Å². The van der Waals surface area contributed by atoms with E-state index in [9.17, 15) is 0 Å². The van der Waals surface area contributed by atoms with Gasteiger partial charge in [0.2, 0.25) is 0 Å². The molecule has 1 unspecified atom stereocenters. The normalized spacial score (nSPS) is 27.1. The lowest BCUT2D eigenvalue weighted by Gasteiger charge is -1.92. The van der Waals surface area contributed by atoms with Gasteiger partial charge in [-0.3, -0.25) is 0 Å². The summed E-state index contributed by atoms with van der Waals surface area (Å²) >= 11 is 0. The molecule has 1 nitrogen and oxygen atoms in total. The fourth-order valence-corrected chi connectivity index (χ4v) is 0.690. The Balaban J connectivity index is 2.42. The maximum Gasteiger partial charge on any atom is 0.0974 e. The van der Waals surface area contributed by atoms with Gasteiger partial charge in [0.05, 0.1) is 12.9 Å². The van der Waals surface area contributed by atoms with Gasteiger partial charge in [0.25, 0.3) is 0 Å². The first-order chi connectivity index (χ1) is 3.43. The van der Waals surface area contributed by atoms with E-state index in [-0.39, 0.29) is 0 Å². The zero-order valence-corrected chi connectivity index (χ0v) is 4.92. The lowest BCUT2D eigenvalue weighted by Crippen LogP contribution is -1.96. The third kappa shape index (κ3) is 1.04. The molecule has 38 valence electrons. The Morgan fingerprint density at radius 1 is 1.86 bits per heavy atom. The molecule has 0 radical (unpaired) electrons. The summed E-state index contributed by atoms with van der Waals surface area (Å²) in [6.45, 7) is 0.795. The van der Waals surface area contributed by atoms with E-state index in [2.05, 4.69) is 8.86 Å². The first-order valence-corrected chi connectivity index (χ1v) is 2.80. The predicted molar refractivity (Wildman–Crippen MR) is 33.0 cm³/mol. The fourth-order valence-electron chi connectivity index (χ4n) is 0.482. The van der Waals surface area contributed by atoms with Crippen LogP contribution in [0.4, 0.5) is 0 Å². The molecule has 0 aliphatic carbocycles. The van der Waals surface area contributed by atoms with Crippen LogP contribution in [0.15, 0.2) is 12.3 Å². The summed E-state index contributed by atoms with van der Waals surface area (Å²) < 4.78 is 4.91. The van der Waals surface area contributed by atoms with Crippen LogP contribution >= 0.6 is 8.86 Å². The largest absolute Gasteiger partial charge is 0.501 e. The SMILES string of the molecule is P=CC1C=COC1. The molecule has 0 bridgehead atoms. The molecule has 2 heteroatoms. The molecule has 0 amide bonds. The predicted octanol–water partition coefficient (Wildman–Crippen LogP) is 1.09. The molecular formula is C5H7OP. The second kappa shape index (κ2) is 2.13. The maximum absolute atomic E-state index is 4.91. The molecule has 0 spiro atoms. The van der Waals surface area contributed by atoms with E-state index in [4.69, 9.17) is 4.74 Å². The Morgan fingerprint density at radius 2 is 2.71 bits per heavy atom. The molecule has 1 aliphatic heterocycles. The minimum absolute atomic E-state index is 0.483. The molecule has 1 atom stereocenters. The third-order valence-corrected chi connectivity index (χ3v) is 1.35. The van der Waals surface area contributed by atoms with Crippen molar-refractivity contribution in [2.45, 2.75) is 0 Å². The quantitative estimate of drug-likeness (QED) is 0.463. The van der Waals surface area contributed by atoms with Crippen molar-refractivity contribution in [1.82, 2.24) is 0 Å². The van der Waals surface area contributed by atoms with E-state index >= 15 is 0 Å². The number of ether oxygens (including phenoxy) is 1. The highest BCUT2D eigenvalue weighted by Gasteiger charge is 2.02. The van der Waals surface area contributed by atoms with Crippen LogP contribution in [0.3, 0.4) is 0 Å². The zero-order chi connectivity index (χ0) is 5.11. The van der Waals surface area contributed by atoms with Gasteiger partial charge in [0.1, 0.15) is 0 Å². The van der Waals surface area contributed by atoms with Gasteiger partial charge in [-0.15, -0.1) is 8.86 Å². The molecular weight excluding hydrogens is 107 g/mol. The van der Waals surface area contributed by atoms with Crippen LogP contribution in [-0.2, 0) is 4.74 Å². The van der Waals surface area contributed by atoms with E-state index < -0.39 is 0 Å². The van der Waals surface area contributed by atoms with E-state index in [1.807, 2.05) is 11.9 Å². The Kier molecular flexibility index (Phi) is 1.48. The van der Waals surface area contributed by atoms with Gasteiger partial charge in [-0.1, -0.05) is 5.80 Å². The van der Waals surface area contributed by atoms with E-state index in [0.29, 0.717) is 5.92 Å². The van der Waals surface area contributed by atoms with Crippen molar-refractivity contribution in [3.8, 4) is 0 Å². The summed E-state index contributed by atoms with van der Waals surface area (Å²) in [5.41, 5.74) is 0. The summed E-state index contributed by atoms with van der Waals surface area (Å²) in [6, 6.07) is 0. The highest BCUT2D eigenvalue weighted by Crippen LogP contribution is 2.04. The first kappa shape index (κ1) is 4.86. The lowest BCUT2D eigenvalue weighted by molar-refractivity contribution is 0.269. The van der Waals surface area contributed by atoms with Crippen LogP contribution in [0.2, 0.25) is 0 Å². The Hall–Kier alpha value is -0.290. The van der Waals surface area contributed by atoms with Gasteiger partial charge in [0.15, 0.2) is 0 Å². The van der Waals surface area contributed by atoms with Crippen LogP contribution in [0.25, 0.3) is 0 Å². The number of hydrogen-bond acceptors (Lipinski definition) is 1. The van der Waals surface area contributed by atoms with E-state index in [1.54, 1.807) is 6.26 Å². The lowest BCUT2D eigenvalue weighted by atomic mass is 10.2. The van der Waals surface area contributed by atoms with Crippen LogP contribution in [-0.4, -0.2) is 12.4 Å². The summed E-state index contributed by atoms with van der Waals surface area (Å²) in [5, 5.41) is 0. The minimum Gasteiger partial charge on any atom is -0.501 e. The first-order valence-electron chi connectivity index (χ1n) is 2.22. The zero-order valence-electron chi connectivity index (χ0n) is 3.92. The van der Waals surface area contributed by atoms with Crippen molar-refractivity contribution in [1.29, 1.82) is 0 Å². The van der Waals surface area contributed by atoms with Crippen LogP contribution in [0, 0.1) is 5.92 Å². The minimum atomic E-state index is 0.483. The molecule has 0 aromatic rings. The molecule has 0 aromatic heterocycles. The van der Waals surface area contributed by atoms with Crippen LogP contribution in [0.1, 0.15) is 0 Å². The van der Waals surface area contributed by atoms with E-state index in [1.165, 1.54) is 0 Å². The second-order valence-corrected chi connectivity index (χ2v) is 1.83. The topological polar surface area (TPSA) is 9.23 Å². The average Bonchev–Trinajstić information content (AvgIpc) is 2.14. The van der Waals surface area contributed by atoms with Crippen molar-refractivity contribution in [3.63, 3.8) is 0 Å². The molecule has 1 aliphatic rings. The Labute approximate surface area is 45.2 Å². The number of rotatable bonds is 1. The smallest absolute Gasteiger partial charge is 0.0974 e. The molecule has 0 fully saturated rings. The number of hydrogen-bond donors (Lipinski definition) is 0. The van der Waals surface area contributed by atoms with Crippen LogP contribution in [0.5, 0.6) is 0 Å². The average molecular weight is 114 g/mol. The Morgan fingerprint density at radius 3 is 3.00 bits per heavy atom. The Bertz CT molecular complexity index is 98.3. The van der Waals surface area contributed by atoms with Gasteiger partial charge in [0, 0.05) is 5.92 Å². The highest BCUT2D eigenvalue weighted by molar-refractivity contribution is 7.18. The van der Waals surface area contributed by atoms with Crippen LogP contribution < -0.4 is 0 Å². The summed E-state index contributed by atoms with van der Waals surface area (Å²) in [7, 11) is 3.26. The van der Waals surface area contributed by atoms with Gasteiger partial charge in [-0.25, -0.2) is 0 Å².